The fourth-order valence-electron chi connectivity index (χ4n) is 1.43. The number of methoxy groups -OCH3 is 1. The maximum atomic E-state index is 6.13. The smallest absolute Gasteiger partial charge is 0.205 e. The molecule has 1 N–H and O–H groups in total. The molecule has 0 atom stereocenters. The third-order valence-electron chi connectivity index (χ3n) is 2.24. The van der Waals surface area contributed by atoms with Crippen molar-refractivity contribution in [1.82, 2.24) is 10.2 Å². The molecule has 2 rings (SSSR count). The predicted molar refractivity (Wildman–Crippen MR) is 70.0 cm³/mol. The molecule has 4 nitrogen and oxygen atoms in total. The van der Waals surface area contributed by atoms with Crippen molar-refractivity contribution in [3.8, 4) is 5.75 Å². The van der Waals surface area contributed by atoms with Crippen LogP contribution in [0.25, 0.3) is 0 Å². The van der Waals surface area contributed by atoms with Crippen LogP contribution in [-0.4, -0.2) is 17.3 Å². The molecule has 1 aromatic heterocycles. The summed E-state index contributed by atoms with van der Waals surface area (Å²) in [6.45, 7) is 2.48. The van der Waals surface area contributed by atoms with Crippen molar-refractivity contribution in [2.45, 2.75) is 13.5 Å². The van der Waals surface area contributed by atoms with E-state index in [4.69, 9.17) is 16.3 Å². The third-order valence-corrected chi connectivity index (χ3v) is 3.39. The molecule has 0 aliphatic rings. The highest BCUT2D eigenvalue weighted by Gasteiger charge is 2.08. The van der Waals surface area contributed by atoms with Crippen molar-refractivity contribution < 1.29 is 4.74 Å². The summed E-state index contributed by atoms with van der Waals surface area (Å²) in [5.74, 6) is 0.770. The molecule has 2 aromatic rings. The summed E-state index contributed by atoms with van der Waals surface area (Å²) in [6, 6.07) is 5.58. The Morgan fingerprint density at radius 1 is 1.41 bits per heavy atom. The molecule has 0 aliphatic heterocycles. The number of benzene rings is 1. The Morgan fingerprint density at radius 2 is 2.24 bits per heavy atom. The molecule has 0 amide bonds. The van der Waals surface area contributed by atoms with Crippen LogP contribution in [0.1, 0.15) is 10.6 Å². The number of nitrogens with zero attached hydrogens (tertiary/aromatic N) is 2. The monoisotopic (exact) mass is 269 g/mol. The molecule has 0 saturated carbocycles. The Balaban J connectivity index is 2.13. The summed E-state index contributed by atoms with van der Waals surface area (Å²) < 4.78 is 5.26. The molecule has 0 bridgehead atoms. The quantitative estimate of drug-likeness (QED) is 0.926. The molecular formula is C11H12ClN3OS. The van der Waals surface area contributed by atoms with Gasteiger partial charge in [0.15, 0.2) is 0 Å². The zero-order valence-corrected chi connectivity index (χ0v) is 11.1. The van der Waals surface area contributed by atoms with Gasteiger partial charge in [0, 0.05) is 17.1 Å². The lowest BCUT2D eigenvalue weighted by Gasteiger charge is -2.10. The molecule has 0 aliphatic carbocycles. The first-order valence-corrected chi connectivity index (χ1v) is 6.25. The summed E-state index contributed by atoms with van der Waals surface area (Å²) in [7, 11) is 1.63. The zero-order valence-electron chi connectivity index (χ0n) is 9.53. The van der Waals surface area contributed by atoms with Gasteiger partial charge in [-0.15, -0.1) is 10.2 Å². The van der Waals surface area contributed by atoms with Crippen molar-refractivity contribution in [2.75, 3.05) is 12.4 Å². The number of nitrogens with one attached hydrogen (secondary N) is 1. The minimum absolute atomic E-state index is 0.567. The Hall–Kier alpha value is -1.33. The summed E-state index contributed by atoms with van der Waals surface area (Å²) in [5, 5.41) is 13.5. The Labute approximate surface area is 109 Å². The predicted octanol–water partition coefficient (Wildman–Crippen LogP) is 3.12. The van der Waals surface area contributed by atoms with E-state index in [9.17, 15) is 0 Å². The number of hydrogen-bond donors (Lipinski definition) is 1. The zero-order chi connectivity index (χ0) is 12.3. The second-order valence-corrected chi connectivity index (χ2v) is 4.99. The highest BCUT2D eigenvalue weighted by atomic mass is 35.5. The standard InChI is InChI=1S/C11H12ClN3OS/c1-7-14-15-11(17-7)13-6-8-9(12)4-3-5-10(8)16-2/h3-5H,6H2,1-2H3,(H,13,15). The fraction of sp³-hybridized carbons (Fsp3) is 0.273. The van der Waals surface area contributed by atoms with Gasteiger partial charge in [-0.25, -0.2) is 0 Å². The van der Waals surface area contributed by atoms with Crippen LogP contribution in [0.15, 0.2) is 18.2 Å². The minimum Gasteiger partial charge on any atom is -0.496 e. The van der Waals surface area contributed by atoms with Gasteiger partial charge in [0.05, 0.1) is 7.11 Å². The second kappa shape index (κ2) is 5.33. The van der Waals surface area contributed by atoms with E-state index in [-0.39, 0.29) is 0 Å². The van der Waals surface area contributed by atoms with Crippen LogP contribution in [0.3, 0.4) is 0 Å². The number of rotatable bonds is 4. The maximum Gasteiger partial charge on any atom is 0.205 e. The average Bonchev–Trinajstić information content (AvgIpc) is 2.73. The summed E-state index contributed by atoms with van der Waals surface area (Å²) in [5.41, 5.74) is 0.921. The van der Waals surface area contributed by atoms with E-state index < -0.39 is 0 Å². The largest absolute Gasteiger partial charge is 0.496 e. The van der Waals surface area contributed by atoms with Crippen LogP contribution >= 0.6 is 22.9 Å². The van der Waals surface area contributed by atoms with E-state index in [1.807, 2.05) is 25.1 Å². The second-order valence-electron chi connectivity index (χ2n) is 3.40. The number of aromatic nitrogens is 2. The first-order chi connectivity index (χ1) is 8.20. The highest BCUT2D eigenvalue weighted by molar-refractivity contribution is 7.15. The lowest BCUT2D eigenvalue weighted by molar-refractivity contribution is 0.410. The average molecular weight is 270 g/mol. The van der Waals surface area contributed by atoms with Gasteiger partial charge in [0.1, 0.15) is 10.8 Å². The molecule has 90 valence electrons. The van der Waals surface area contributed by atoms with Crippen LogP contribution in [0.2, 0.25) is 5.02 Å². The Bertz CT molecular complexity index is 515. The molecular weight excluding hydrogens is 258 g/mol. The number of anilines is 1. The van der Waals surface area contributed by atoms with Crippen molar-refractivity contribution in [3.63, 3.8) is 0 Å². The van der Waals surface area contributed by atoms with Crippen LogP contribution < -0.4 is 10.1 Å². The molecule has 0 saturated heterocycles. The third kappa shape index (κ3) is 2.87. The lowest BCUT2D eigenvalue weighted by Crippen LogP contribution is -2.02. The van der Waals surface area contributed by atoms with Gasteiger partial charge >= 0.3 is 0 Å². The van der Waals surface area contributed by atoms with Crippen LogP contribution in [0, 0.1) is 6.92 Å². The number of aryl methyl sites for hydroxylation is 1. The molecule has 0 radical (unpaired) electrons. The van der Waals surface area contributed by atoms with Crippen LogP contribution in [0.4, 0.5) is 5.13 Å². The van der Waals surface area contributed by atoms with Crippen LogP contribution in [-0.2, 0) is 6.54 Å². The highest BCUT2D eigenvalue weighted by Crippen LogP contribution is 2.27. The number of ether oxygens (including phenoxy) is 1. The Morgan fingerprint density at radius 3 is 2.88 bits per heavy atom. The summed E-state index contributed by atoms with van der Waals surface area (Å²) in [6.07, 6.45) is 0. The summed E-state index contributed by atoms with van der Waals surface area (Å²) >= 11 is 7.64. The maximum absolute atomic E-state index is 6.13. The molecule has 17 heavy (non-hydrogen) atoms. The Kier molecular flexibility index (Phi) is 3.81. The molecule has 0 fully saturated rings. The van der Waals surface area contributed by atoms with Gasteiger partial charge in [-0.2, -0.15) is 0 Å². The number of halogens is 1. The van der Waals surface area contributed by atoms with Gasteiger partial charge in [0.2, 0.25) is 5.13 Å². The molecule has 6 heteroatoms. The first-order valence-electron chi connectivity index (χ1n) is 5.06. The normalized spacial score (nSPS) is 10.3. The van der Waals surface area contributed by atoms with Crippen LogP contribution in [0.5, 0.6) is 5.75 Å². The van der Waals surface area contributed by atoms with E-state index in [0.29, 0.717) is 11.6 Å². The number of hydrogen-bond acceptors (Lipinski definition) is 5. The topological polar surface area (TPSA) is 47.0 Å². The van der Waals surface area contributed by atoms with Crippen molar-refractivity contribution in [3.05, 3.63) is 33.8 Å². The van der Waals surface area contributed by atoms with Gasteiger partial charge in [0.25, 0.3) is 0 Å². The van der Waals surface area contributed by atoms with E-state index in [2.05, 4.69) is 15.5 Å². The molecule has 1 heterocycles. The van der Waals surface area contributed by atoms with Crippen molar-refractivity contribution in [1.29, 1.82) is 0 Å². The molecule has 0 unspecified atom stereocenters. The lowest BCUT2D eigenvalue weighted by atomic mass is 10.2. The van der Waals surface area contributed by atoms with E-state index in [0.717, 1.165) is 21.5 Å². The van der Waals surface area contributed by atoms with Crippen molar-refractivity contribution >= 4 is 28.1 Å². The van der Waals surface area contributed by atoms with Gasteiger partial charge in [-0.05, 0) is 19.1 Å². The van der Waals surface area contributed by atoms with Gasteiger partial charge < -0.3 is 10.1 Å². The van der Waals surface area contributed by atoms with E-state index in [1.165, 1.54) is 11.3 Å². The van der Waals surface area contributed by atoms with E-state index in [1.54, 1.807) is 7.11 Å². The van der Waals surface area contributed by atoms with Gasteiger partial charge in [-0.1, -0.05) is 29.0 Å². The van der Waals surface area contributed by atoms with E-state index >= 15 is 0 Å². The first kappa shape index (κ1) is 12.1. The minimum atomic E-state index is 0.567. The van der Waals surface area contributed by atoms with Crippen molar-refractivity contribution in [2.24, 2.45) is 0 Å². The SMILES string of the molecule is COc1cccc(Cl)c1CNc1nnc(C)s1. The molecule has 0 spiro atoms. The molecule has 1 aromatic carbocycles. The summed E-state index contributed by atoms with van der Waals surface area (Å²) in [4.78, 5) is 0. The fourth-order valence-corrected chi connectivity index (χ4v) is 2.25. The van der Waals surface area contributed by atoms with Gasteiger partial charge in [-0.3, -0.25) is 0 Å².